The molecule has 3 rings (SSSR count). The average molecular weight is 276 g/mol. The number of carbonyl (C=O) groups excluding carboxylic acids is 2. The van der Waals surface area contributed by atoms with Gasteiger partial charge in [-0.15, -0.1) is 0 Å². The molecule has 2 aliphatic rings. The molecule has 1 spiro atoms. The van der Waals surface area contributed by atoms with E-state index < -0.39 is 0 Å². The first-order chi connectivity index (χ1) is 9.64. The molecule has 1 aliphatic heterocycles. The molecule has 20 heavy (non-hydrogen) atoms. The van der Waals surface area contributed by atoms with E-state index in [1.54, 1.807) is 6.26 Å². The van der Waals surface area contributed by atoms with Gasteiger partial charge in [-0.25, -0.2) is 0 Å². The van der Waals surface area contributed by atoms with E-state index in [4.69, 9.17) is 4.42 Å². The second kappa shape index (κ2) is 4.96. The van der Waals surface area contributed by atoms with Crippen molar-refractivity contribution < 1.29 is 14.0 Å². The molecule has 1 saturated heterocycles. The highest BCUT2D eigenvalue weighted by Gasteiger charge is 2.61. The molecule has 2 fully saturated rings. The number of nitrogens with zero attached hydrogens (tertiary/aromatic N) is 1. The molecule has 1 aromatic rings. The molecule has 1 aromatic heterocycles. The molecule has 0 bridgehead atoms. The summed E-state index contributed by atoms with van der Waals surface area (Å²) < 4.78 is 5.20. The Bertz CT molecular complexity index is 511. The average Bonchev–Trinajstić information content (AvgIpc) is 2.85. The Labute approximate surface area is 118 Å². The lowest BCUT2D eigenvalue weighted by Gasteiger charge is -2.15. The van der Waals surface area contributed by atoms with Crippen molar-refractivity contribution in [1.29, 1.82) is 0 Å². The summed E-state index contributed by atoms with van der Waals surface area (Å²) in [7, 11) is 0. The second-order valence-electron chi connectivity index (χ2n) is 5.84. The fraction of sp³-hybridized carbons (Fsp3) is 0.600. The Morgan fingerprint density at radius 3 is 3.10 bits per heavy atom. The molecule has 108 valence electrons. The molecule has 0 aromatic carbocycles. The zero-order valence-electron chi connectivity index (χ0n) is 11.7. The van der Waals surface area contributed by atoms with Crippen molar-refractivity contribution in [3.8, 4) is 0 Å². The van der Waals surface area contributed by atoms with Gasteiger partial charge in [0.05, 0.1) is 12.8 Å². The Balaban J connectivity index is 1.51. The number of likely N-dealkylation sites (tertiary alicyclic amines) is 1. The number of carbonyl (C=O) groups is 2. The maximum absolute atomic E-state index is 12.2. The molecule has 5 nitrogen and oxygen atoms in total. The largest absolute Gasteiger partial charge is 0.467 e. The van der Waals surface area contributed by atoms with Crippen LogP contribution in [0.2, 0.25) is 0 Å². The van der Waals surface area contributed by atoms with Crippen LogP contribution < -0.4 is 5.32 Å². The summed E-state index contributed by atoms with van der Waals surface area (Å²) in [5.41, 5.74) is 0.0536. The minimum Gasteiger partial charge on any atom is -0.467 e. The summed E-state index contributed by atoms with van der Waals surface area (Å²) >= 11 is 0. The molecular weight excluding hydrogens is 256 g/mol. The first-order valence-corrected chi connectivity index (χ1v) is 7.22. The van der Waals surface area contributed by atoms with Crippen molar-refractivity contribution in [3.63, 3.8) is 0 Å². The lowest BCUT2D eigenvalue weighted by molar-refractivity contribution is -0.130. The van der Waals surface area contributed by atoms with Crippen LogP contribution in [-0.4, -0.2) is 29.8 Å². The maximum Gasteiger partial charge on any atom is 0.224 e. The first kappa shape index (κ1) is 13.2. The first-order valence-electron chi connectivity index (χ1n) is 7.22. The van der Waals surface area contributed by atoms with Gasteiger partial charge in [0.2, 0.25) is 11.8 Å². The molecule has 5 heteroatoms. The lowest BCUT2D eigenvalue weighted by Crippen LogP contribution is -2.30. The summed E-state index contributed by atoms with van der Waals surface area (Å²) in [4.78, 5) is 25.8. The SMILES string of the molecule is CCC(=O)N1CC[C@@]2(C[C@H]2C(=O)NCc2ccco2)C1. The maximum atomic E-state index is 12.2. The van der Waals surface area contributed by atoms with Gasteiger partial charge in [0.15, 0.2) is 0 Å². The fourth-order valence-corrected chi connectivity index (χ4v) is 3.21. The third-order valence-corrected chi connectivity index (χ3v) is 4.56. The van der Waals surface area contributed by atoms with Crippen LogP contribution >= 0.6 is 0 Å². The predicted octanol–water partition coefficient (Wildman–Crippen LogP) is 1.54. The van der Waals surface area contributed by atoms with Gasteiger partial charge in [0.25, 0.3) is 0 Å². The third-order valence-electron chi connectivity index (χ3n) is 4.56. The van der Waals surface area contributed by atoms with Crippen LogP contribution in [0.15, 0.2) is 22.8 Å². The van der Waals surface area contributed by atoms with E-state index in [9.17, 15) is 9.59 Å². The van der Waals surface area contributed by atoms with Crippen molar-refractivity contribution in [2.45, 2.75) is 32.7 Å². The zero-order valence-corrected chi connectivity index (χ0v) is 11.7. The molecule has 2 amide bonds. The van der Waals surface area contributed by atoms with Gasteiger partial charge in [-0.05, 0) is 25.0 Å². The van der Waals surface area contributed by atoms with Crippen LogP contribution in [0.1, 0.15) is 31.9 Å². The lowest BCUT2D eigenvalue weighted by atomic mass is 10.0. The van der Waals surface area contributed by atoms with Gasteiger partial charge in [-0.1, -0.05) is 6.92 Å². The Hall–Kier alpha value is -1.78. The number of hydrogen-bond acceptors (Lipinski definition) is 3. The summed E-state index contributed by atoms with van der Waals surface area (Å²) in [6, 6.07) is 3.66. The topological polar surface area (TPSA) is 62.6 Å². The van der Waals surface area contributed by atoms with Crippen LogP contribution in [0.25, 0.3) is 0 Å². The number of hydrogen-bond donors (Lipinski definition) is 1. The fourth-order valence-electron chi connectivity index (χ4n) is 3.21. The zero-order chi connectivity index (χ0) is 14.2. The van der Waals surface area contributed by atoms with Crippen molar-refractivity contribution in [2.75, 3.05) is 13.1 Å². The van der Waals surface area contributed by atoms with E-state index in [0.29, 0.717) is 13.0 Å². The number of furan rings is 1. The minimum atomic E-state index is 0.0536. The number of rotatable bonds is 4. The van der Waals surface area contributed by atoms with Crippen molar-refractivity contribution in [1.82, 2.24) is 10.2 Å². The Morgan fingerprint density at radius 1 is 1.55 bits per heavy atom. The molecule has 2 heterocycles. The highest BCUT2D eigenvalue weighted by molar-refractivity contribution is 5.83. The Morgan fingerprint density at radius 2 is 2.40 bits per heavy atom. The van der Waals surface area contributed by atoms with Crippen LogP contribution in [-0.2, 0) is 16.1 Å². The van der Waals surface area contributed by atoms with E-state index >= 15 is 0 Å². The van der Waals surface area contributed by atoms with Crippen LogP contribution in [0.5, 0.6) is 0 Å². The number of nitrogens with one attached hydrogen (secondary N) is 1. The van der Waals surface area contributed by atoms with Gasteiger partial charge in [-0.3, -0.25) is 9.59 Å². The standard InChI is InChI=1S/C15H20N2O3/c1-2-13(18)17-6-5-15(10-17)8-12(15)14(19)16-9-11-4-3-7-20-11/h3-4,7,12H,2,5-6,8-10H2,1H3,(H,16,19)/t12-,15+/m0/s1. The summed E-state index contributed by atoms with van der Waals surface area (Å²) in [5.74, 6) is 1.12. The second-order valence-corrected chi connectivity index (χ2v) is 5.84. The van der Waals surface area contributed by atoms with Gasteiger partial charge in [-0.2, -0.15) is 0 Å². The van der Waals surface area contributed by atoms with Gasteiger partial charge >= 0.3 is 0 Å². The number of amides is 2. The molecule has 1 aliphatic carbocycles. The molecule has 1 N–H and O–H groups in total. The highest BCUT2D eigenvalue weighted by atomic mass is 16.3. The van der Waals surface area contributed by atoms with Crippen LogP contribution in [0.3, 0.4) is 0 Å². The third kappa shape index (κ3) is 2.32. The van der Waals surface area contributed by atoms with E-state index in [1.165, 1.54) is 0 Å². The summed E-state index contributed by atoms with van der Waals surface area (Å²) in [5, 5.41) is 2.92. The Kier molecular flexibility index (Phi) is 3.28. The normalized spacial score (nSPS) is 27.9. The van der Waals surface area contributed by atoms with Crippen molar-refractivity contribution in [2.24, 2.45) is 11.3 Å². The van der Waals surface area contributed by atoms with Gasteiger partial charge < -0.3 is 14.6 Å². The predicted molar refractivity (Wildman–Crippen MR) is 72.6 cm³/mol. The summed E-state index contributed by atoms with van der Waals surface area (Å²) in [6.45, 7) is 3.87. The molecule has 1 saturated carbocycles. The molecule has 0 unspecified atom stereocenters. The van der Waals surface area contributed by atoms with Gasteiger partial charge in [0, 0.05) is 30.8 Å². The van der Waals surface area contributed by atoms with Gasteiger partial charge in [0.1, 0.15) is 5.76 Å². The summed E-state index contributed by atoms with van der Waals surface area (Å²) in [6.07, 6.45) is 4.01. The van der Waals surface area contributed by atoms with Crippen molar-refractivity contribution in [3.05, 3.63) is 24.2 Å². The van der Waals surface area contributed by atoms with E-state index in [2.05, 4.69) is 5.32 Å². The monoisotopic (exact) mass is 276 g/mol. The minimum absolute atomic E-state index is 0.0536. The molecule has 0 radical (unpaired) electrons. The highest BCUT2D eigenvalue weighted by Crippen LogP contribution is 2.58. The van der Waals surface area contributed by atoms with E-state index in [0.717, 1.165) is 31.7 Å². The molecule has 2 atom stereocenters. The van der Waals surface area contributed by atoms with E-state index in [1.807, 2.05) is 24.0 Å². The molecular formula is C15H20N2O3. The van der Waals surface area contributed by atoms with Crippen LogP contribution in [0, 0.1) is 11.3 Å². The quantitative estimate of drug-likeness (QED) is 0.907. The van der Waals surface area contributed by atoms with Crippen molar-refractivity contribution >= 4 is 11.8 Å². The smallest absolute Gasteiger partial charge is 0.224 e. The van der Waals surface area contributed by atoms with E-state index in [-0.39, 0.29) is 23.1 Å². The van der Waals surface area contributed by atoms with Crippen LogP contribution in [0.4, 0.5) is 0 Å².